The summed E-state index contributed by atoms with van der Waals surface area (Å²) in [6, 6.07) is 8.62. The van der Waals surface area contributed by atoms with Crippen molar-refractivity contribution < 1.29 is 14.1 Å². The molecule has 1 aliphatic rings. The molecule has 0 spiro atoms. The Balaban J connectivity index is 1.57. The van der Waals surface area contributed by atoms with Crippen molar-refractivity contribution in [2.24, 2.45) is 0 Å². The van der Waals surface area contributed by atoms with Crippen molar-refractivity contribution in [3.63, 3.8) is 0 Å². The summed E-state index contributed by atoms with van der Waals surface area (Å²) in [5.41, 5.74) is 1.70. The highest BCUT2D eigenvalue weighted by molar-refractivity contribution is 6.30. The second kappa shape index (κ2) is 7.70. The van der Waals surface area contributed by atoms with Crippen molar-refractivity contribution in [2.75, 3.05) is 6.54 Å². The number of likely N-dealkylation sites (tertiary alicyclic amines) is 1. The number of nitrogens with zero attached hydrogens (tertiary/aromatic N) is 2. The molecule has 25 heavy (non-hydrogen) atoms. The van der Waals surface area contributed by atoms with Gasteiger partial charge in [-0.05, 0) is 37.5 Å². The molecule has 0 saturated carbocycles. The smallest absolute Gasteiger partial charge is 0.243 e. The number of hydrogen-bond donors (Lipinski definition) is 1. The average molecular weight is 362 g/mol. The van der Waals surface area contributed by atoms with Gasteiger partial charge in [-0.1, -0.05) is 28.9 Å². The minimum Gasteiger partial charge on any atom is -0.361 e. The first-order valence-corrected chi connectivity index (χ1v) is 8.64. The number of halogens is 1. The zero-order valence-electron chi connectivity index (χ0n) is 14.0. The predicted octanol–water partition coefficient (Wildman–Crippen LogP) is 2.49. The van der Waals surface area contributed by atoms with Crippen LogP contribution >= 0.6 is 11.6 Å². The number of carbonyl (C=O) groups is 2. The maximum absolute atomic E-state index is 12.5. The molecule has 3 rings (SSSR count). The Morgan fingerprint density at radius 3 is 2.80 bits per heavy atom. The number of carbonyl (C=O) groups excluding carboxylic acids is 2. The van der Waals surface area contributed by atoms with Crippen molar-refractivity contribution >= 4 is 23.4 Å². The lowest BCUT2D eigenvalue weighted by Gasteiger charge is -2.23. The number of hydrogen-bond acceptors (Lipinski definition) is 4. The first kappa shape index (κ1) is 17.5. The topological polar surface area (TPSA) is 75.4 Å². The average Bonchev–Trinajstić information content (AvgIpc) is 3.23. The van der Waals surface area contributed by atoms with E-state index in [2.05, 4.69) is 10.5 Å². The fourth-order valence-electron chi connectivity index (χ4n) is 3.00. The number of nitrogens with one attached hydrogen (secondary N) is 1. The van der Waals surface area contributed by atoms with Gasteiger partial charge in [0.15, 0.2) is 0 Å². The van der Waals surface area contributed by atoms with Crippen LogP contribution in [-0.4, -0.2) is 34.5 Å². The van der Waals surface area contributed by atoms with Crippen molar-refractivity contribution in [1.29, 1.82) is 0 Å². The zero-order valence-corrected chi connectivity index (χ0v) is 14.8. The highest BCUT2D eigenvalue weighted by atomic mass is 35.5. The van der Waals surface area contributed by atoms with Crippen LogP contribution in [0.1, 0.15) is 29.9 Å². The summed E-state index contributed by atoms with van der Waals surface area (Å²) in [5.74, 6) is 0.282. The molecule has 1 atom stereocenters. The van der Waals surface area contributed by atoms with Crippen LogP contribution in [0.4, 0.5) is 0 Å². The summed E-state index contributed by atoms with van der Waals surface area (Å²) in [4.78, 5) is 26.6. The summed E-state index contributed by atoms with van der Waals surface area (Å²) in [7, 11) is 0. The number of aryl methyl sites for hydroxylation is 1. The fourth-order valence-corrected chi connectivity index (χ4v) is 3.12. The minimum absolute atomic E-state index is 0.111. The van der Waals surface area contributed by atoms with Crippen LogP contribution < -0.4 is 5.32 Å². The van der Waals surface area contributed by atoms with Gasteiger partial charge in [-0.25, -0.2) is 0 Å². The van der Waals surface area contributed by atoms with Gasteiger partial charge < -0.3 is 14.7 Å². The third-order valence-electron chi connectivity index (χ3n) is 4.26. The fraction of sp³-hybridized carbons (Fsp3) is 0.389. The van der Waals surface area contributed by atoms with E-state index >= 15 is 0 Å². The lowest BCUT2D eigenvalue weighted by molar-refractivity contribution is -0.138. The van der Waals surface area contributed by atoms with E-state index in [1.165, 1.54) is 0 Å². The molecule has 0 aliphatic carbocycles. The van der Waals surface area contributed by atoms with Crippen LogP contribution in [0.2, 0.25) is 5.02 Å². The van der Waals surface area contributed by atoms with Crippen LogP contribution in [0.15, 0.2) is 34.9 Å². The molecule has 1 N–H and O–H groups in total. The predicted molar refractivity (Wildman–Crippen MR) is 93.0 cm³/mol. The van der Waals surface area contributed by atoms with Gasteiger partial charge in [0.25, 0.3) is 0 Å². The van der Waals surface area contributed by atoms with E-state index in [1.54, 1.807) is 30.0 Å². The van der Waals surface area contributed by atoms with Gasteiger partial charge in [0.05, 0.1) is 12.1 Å². The van der Waals surface area contributed by atoms with Crippen LogP contribution in [0.3, 0.4) is 0 Å². The Hall–Kier alpha value is -2.34. The Labute approximate surface area is 151 Å². The SMILES string of the molecule is Cc1cc(CC(=O)N2CCCC2C(=O)NCc2ccc(Cl)cc2)on1. The molecule has 0 bridgehead atoms. The third kappa shape index (κ3) is 4.39. The van der Waals surface area contributed by atoms with Gasteiger partial charge in [0.1, 0.15) is 11.8 Å². The second-order valence-electron chi connectivity index (χ2n) is 6.20. The number of amides is 2. The van der Waals surface area contributed by atoms with Crippen molar-refractivity contribution in [2.45, 2.75) is 38.8 Å². The molecule has 1 aromatic heterocycles. The van der Waals surface area contributed by atoms with Crippen molar-refractivity contribution in [1.82, 2.24) is 15.4 Å². The van der Waals surface area contributed by atoms with E-state index in [0.29, 0.717) is 30.3 Å². The van der Waals surface area contributed by atoms with E-state index in [-0.39, 0.29) is 18.2 Å². The molecular formula is C18H20ClN3O3. The van der Waals surface area contributed by atoms with Gasteiger partial charge in [0.2, 0.25) is 11.8 Å². The number of rotatable bonds is 5. The van der Waals surface area contributed by atoms with Crippen LogP contribution in [0, 0.1) is 6.92 Å². The van der Waals surface area contributed by atoms with E-state index in [9.17, 15) is 9.59 Å². The lowest BCUT2D eigenvalue weighted by Crippen LogP contribution is -2.46. The molecule has 1 aromatic carbocycles. The van der Waals surface area contributed by atoms with Crippen molar-refractivity contribution in [3.05, 3.63) is 52.4 Å². The molecule has 2 aromatic rings. The molecule has 0 radical (unpaired) electrons. The van der Waals surface area contributed by atoms with Gasteiger partial charge in [0, 0.05) is 24.2 Å². The Kier molecular flexibility index (Phi) is 5.38. The summed E-state index contributed by atoms with van der Waals surface area (Å²) >= 11 is 5.86. The molecule has 132 valence electrons. The summed E-state index contributed by atoms with van der Waals surface area (Å²) < 4.78 is 5.10. The largest absolute Gasteiger partial charge is 0.361 e. The first-order valence-electron chi connectivity index (χ1n) is 8.27. The molecule has 6 nitrogen and oxygen atoms in total. The van der Waals surface area contributed by atoms with E-state index in [1.807, 2.05) is 12.1 Å². The van der Waals surface area contributed by atoms with E-state index in [0.717, 1.165) is 17.7 Å². The maximum Gasteiger partial charge on any atom is 0.243 e. The van der Waals surface area contributed by atoms with Crippen LogP contribution in [-0.2, 0) is 22.6 Å². The van der Waals surface area contributed by atoms with Gasteiger partial charge in [-0.2, -0.15) is 0 Å². The normalized spacial score (nSPS) is 16.9. The Bertz CT molecular complexity index is 757. The van der Waals surface area contributed by atoms with Gasteiger partial charge in [-0.3, -0.25) is 9.59 Å². The molecule has 1 unspecified atom stereocenters. The van der Waals surface area contributed by atoms with Crippen LogP contribution in [0.25, 0.3) is 0 Å². The Morgan fingerprint density at radius 2 is 2.12 bits per heavy atom. The number of benzene rings is 1. The molecule has 7 heteroatoms. The molecule has 1 fully saturated rings. The summed E-state index contributed by atoms with van der Waals surface area (Å²) in [6.07, 6.45) is 1.62. The standard InChI is InChI=1S/C18H20ClN3O3/c1-12-9-15(25-21-12)10-17(23)22-8-2-3-16(22)18(24)20-11-13-4-6-14(19)7-5-13/h4-7,9,16H,2-3,8,10-11H2,1H3,(H,20,24). The molecule has 1 saturated heterocycles. The third-order valence-corrected chi connectivity index (χ3v) is 4.51. The van der Waals surface area contributed by atoms with Crippen molar-refractivity contribution in [3.8, 4) is 0 Å². The van der Waals surface area contributed by atoms with E-state index < -0.39 is 6.04 Å². The first-order chi connectivity index (χ1) is 12.0. The zero-order chi connectivity index (χ0) is 17.8. The highest BCUT2D eigenvalue weighted by Gasteiger charge is 2.34. The van der Waals surface area contributed by atoms with Gasteiger partial charge in [-0.15, -0.1) is 0 Å². The maximum atomic E-state index is 12.5. The summed E-state index contributed by atoms with van der Waals surface area (Å²) in [6.45, 7) is 2.81. The monoisotopic (exact) mass is 361 g/mol. The van der Waals surface area contributed by atoms with Gasteiger partial charge >= 0.3 is 0 Å². The quantitative estimate of drug-likeness (QED) is 0.887. The number of aromatic nitrogens is 1. The van der Waals surface area contributed by atoms with E-state index in [4.69, 9.17) is 16.1 Å². The second-order valence-corrected chi connectivity index (χ2v) is 6.64. The Morgan fingerprint density at radius 1 is 1.36 bits per heavy atom. The molecule has 1 aliphatic heterocycles. The summed E-state index contributed by atoms with van der Waals surface area (Å²) in [5, 5.41) is 7.34. The minimum atomic E-state index is -0.427. The molecular weight excluding hydrogens is 342 g/mol. The lowest BCUT2D eigenvalue weighted by atomic mass is 10.1. The highest BCUT2D eigenvalue weighted by Crippen LogP contribution is 2.19. The molecule has 2 heterocycles. The van der Waals surface area contributed by atoms with Crippen LogP contribution in [0.5, 0.6) is 0 Å². The molecule has 2 amide bonds.